The van der Waals surface area contributed by atoms with Crippen molar-refractivity contribution < 1.29 is 8.42 Å². The zero-order chi connectivity index (χ0) is 10.4. The van der Waals surface area contributed by atoms with Gasteiger partial charge in [0.25, 0.3) is 10.0 Å². The number of nitrogens with one attached hydrogen (secondary N) is 3. The maximum atomic E-state index is 11.4. The van der Waals surface area contributed by atoms with Gasteiger partial charge in [-0.2, -0.15) is 0 Å². The van der Waals surface area contributed by atoms with Crippen molar-refractivity contribution in [2.45, 2.75) is 11.9 Å². The van der Waals surface area contributed by atoms with Gasteiger partial charge in [0.2, 0.25) is 0 Å². The molecule has 0 aliphatic carbocycles. The third-order valence-electron chi connectivity index (χ3n) is 1.61. The molecule has 7 heteroatoms. The van der Waals surface area contributed by atoms with Gasteiger partial charge in [0.05, 0.1) is 12.5 Å². The summed E-state index contributed by atoms with van der Waals surface area (Å²) in [6, 6.07) is 0. The Morgan fingerprint density at radius 2 is 2.29 bits per heavy atom. The number of hydrogen-bond acceptors (Lipinski definition) is 4. The lowest BCUT2D eigenvalue weighted by Crippen LogP contribution is -2.31. The highest BCUT2D eigenvalue weighted by Gasteiger charge is 2.13. The van der Waals surface area contributed by atoms with Gasteiger partial charge in [-0.1, -0.05) is 6.92 Å². The summed E-state index contributed by atoms with van der Waals surface area (Å²) >= 11 is 0. The third-order valence-corrected chi connectivity index (χ3v) is 2.99. The van der Waals surface area contributed by atoms with E-state index in [2.05, 4.69) is 20.0 Å². The van der Waals surface area contributed by atoms with E-state index in [0.29, 0.717) is 13.1 Å². The third kappa shape index (κ3) is 3.09. The van der Waals surface area contributed by atoms with Crippen molar-refractivity contribution in [1.82, 2.24) is 20.0 Å². The van der Waals surface area contributed by atoms with Crippen LogP contribution in [0.25, 0.3) is 0 Å². The van der Waals surface area contributed by atoms with Crippen LogP contribution in [0, 0.1) is 0 Å². The SMILES string of the molecule is CCNCCNS(=O)(=O)c1cnc[nH]1. The molecule has 14 heavy (non-hydrogen) atoms. The molecule has 0 bridgehead atoms. The van der Waals surface area contributed by atoms with Crippen LogP contribution in [0.15, 0.2) is 17.6 Å². The fraction of sp³-hybridized carbons (Fsp3) is 0.571. The molecule has 0 radical (unpaired) electrons. The van der Waals surface area contributed by atoms with Gasteiger partial charge >= 0.3 is 0 Å². The number of sulfonamides is 1. The van der Waals surface area contributed by atoms with Crippen molar-refractivity contribution in [3.63, 3.8) is 0 Å². The Labute approximate surface area is 83.2 Å². The molecule has 0 atom stereocenters. The number of H-pyrrole nitrogens is 1. The second-order valence-electron chi connectivity index (χ2n) is 2.67. The summed E-state index contributed by atoms with van der Waals surface area (Å²) in [5.41, 5.74) is 0. The van der Waals surface area contributed by atoms with Crippen LogP contribution in [0.1, 0.15) is 6.92 Å². The highest BCUT2D eigenvalue weighted by molar-refractivity contribution is 7.89. The number of aromatic amines is 1. The normalized spacial score (nSPS) is 11.8. The molecule has 0 aliphatic heterocycles. The molecule has 1 heterocycles. The number of aromatic nitrogens is 2. The maximum absolute atomic E-state index is 11.4. The molecule has 0 fully saturated rings. The summed E-state index contributed by atoms with van der Waals surface area (Å²) in [4.78, 5) is 6.18. The van der Waals surface area contributed by atoms with Crippen LogP contribution in [-0.2, 0) is 10.0 Å². The summed E-state index contributed by atoms with van der Waals surface area (Å²) in [6.07, 6.45) is 2.61. The highest BCUT2D eigenvalue weighted by Crippen LogP contribution is 2.00. The molecule has 0 aromatic carbocycles. The summed E-state index contributed by atoms with van der Waals surface area (Å²) in [5.74, 6) is 0. The van der Waals surface area contributed by atoms with Crippen molar-refractivity contribution in [3.8, 4) is 0 Å². The van der Waals surface area contributed by atoms with Crippen molar-refractivity contribution >= 4 is 10.0 Å². The van der Waals surface area contributed by atoms with E-state index < -0.39 is 10.0 Å². The van der Waals surface area contributed by atoms with E-state index in [1.54, 1.807) is 0 Å². The number of nitrogens with zero attached hydrogens (tertiary/aromatic N) is 1. The van der Waals surface area contributed by atoms with Gasteiger partial charge in [0.15, 0.2) is 5.03 Å². The summed E-state index contributed by atoms with van der Waals surface area (Å²) in [5, 5.41) is 3.11. The van der Waals surface area contributed by atoms with Crippen LogP contribution < -0.4 is 10.0 Å². The number of imidazole rings is 1. The van der Waals surface area contributed by atoms with Gasteiger partial charge in [-0.25, -0.2) is 18.1 Å². The molecule has 0 aliphatic rings. The van der Waals surface area contributed by atoms with E-state index >= 15 is 0 Å². The van der Waals surface area contributed by atoms with Crippen molar-refractivity contribution in [2.75, 3.05) is 19.6 Å². The van der Waals surface area contributed by atoms with Gasteiger partial charge in [0.1, 0.15) is 0 Å². The average Bonchev–Trinajstić information content (AvgIpc) is 2.65. The van der Waals surface area contributed by atoms with Crippen LogP contribution in [-0.4, -0.2) is 38.0 Å². The molecular formula is C7H14N4O2S. The number of rotatable bonds is 6. The van der Waals surface area contributed by atoms with Crippen LogP contribution >= 0.6 is 0 Å². The molecule has 0 spiro atoms. The first-order valence-corrected chi connectivity index (χ1v) is 5.84. The molecule has 80 valence electrons. The smallest absolute Gasteiger partial charge is 0.257 e. The van der Waals surface area contributed by atoms with Crippen molar-refractivity contribution in [1.29, 1.82) is 0 Å². The quantitative estimate of drug-likeness (QED) is 0.551. The minimum absolute atomic E-state index is 0.0917. The van der Waals surface area contributed by atoms with E-state index in [4.69, 9.17) is 0 Å². The van der Waals surface area contributed by atoms with Gasteiger partial charge in [-0.05, 0) is 6.54 Å². The molecule has 0 saturated heterocycles. The lowest BCUT2D eigenvalue weighted by Gasteiger charge is -2.04. The molecule has 0 saturated carbocycles. The predicted octanol–water partition coefficient (Wildman–Crippen LogP) is -0.702. The van der Waals surface area contributed by atoms with E-state index in [0.717, 1.165) is 6.54 Å². The molecule has 0 unspecified atom stereocenters. The van der Waals surface area contributed by atoms with Crippen molar-refractivity contribution in [2.24, 2.45) is 0 Å². The second-order valence-corrected chi connectivity index (χ2v) is 4.40. The molecule has 3 N–H and O–H groups in total. The topological polar surface area (TPSA) is 86.9 Å². The zero-order valence-electron chi connectivity index (χ0n) is 7.95. The van der Waals surface area contributed by atoms with Crippen LogP contribution in [0.5, 0.6) is 0 Å². The average molecular weight is 218 g/mol. The van der Waals surface area contributed by atoms with Gasteiger partial charge in [-0.15, -0.1) is 0 Å². The minimum atomic E-state index is -3.41. The minimum Gasteiger partial charge on any atom is -0.335 e. The van der Waals surface area contributed by atoms with Gasteiger partial charge in [0, 0.05) is 13.1 Å². The zero-order valence-corrected chi connectivity index (χ0v) is 8.76. The van der Waals surface area contributed by atoms with Crippen LogP contribution in [0.3, 0.4) is 0 Å². The standard InChI is InChI=1S/C7H14N4O2S/c1-2-8-3-4-11-14(12,13)7-5-9-6-10-7/h5-6,8,11H,2-4H2,1H3,(H,9,10). The van der Waals surface area contributed by atoms with E-state index in [1.165, 1.54) is 12.5 Å². The summed E-state index contributed by atoms with van der Waals surface area (Å²) < 4.78 is 25.3. The largest absolute Gasteiger partial charge is 0.335 e. The van der Waals surface area contributed by atoms with Gasteiger partial charge < -0.3 is 10.3 Å². The fourth-order valence-electron chi connectivity index (χ4n) is 0.918. The lowest BCUT2D eigenvalue weighted by atomic mass is 10.6. The summed E-state index contributed by atoms with van der Waals surface area (Å²) in [7, 11) is -3.41. The first-order chi connectivity index (χ1) is 6.67. The maximum Gasteiger partial charge on any atom is 0.257 e. The van der Waals surface area contributed by atoms with Crippen LogP contribution in [0.4, 0.5) is 0 Å². The molecule has 0 amide bonds. The molecule has 1 aromatic rings. The highest BCUT2D eigenvalue weighted by atomic mass is 32.2. The lowest BCUT2D eigenvalue weighted by molar-refractivity contribution is 0.574. The fourth-order valence-corrected chi connectivity index (χ4v) is 1.85. The Morgan fingerprint density at radius 1 is 1.50 bits per heavy atom. The Balaban J connectivity index is 2.44. The van der Waals surface area contributed by atoms with E-state index in [-0.39, 0.29) is 5.03 Å². The molecule has 1 aromatic heterocycles. The predicted molar refractivity (Wildman–Crippen MR) is 52.3 cm³/mol. The van der Waals surface area contributed by atoms with E-state index in [9.17, 15) is 8.42 Å². The Hall–Kier alpha value is -0.920. The number of likely N-dealkylation sites (N-methyl/N-ethyl adjacent to an activating group) is 1. The summed E-state index contributed by atoms with van der Waals surface area (Å²) in [6.45, 7) is 3.77. The Morgan fingerprint density at radius 3 is 2.86 bits per heavy atom. The van der Waals surface area contributed by atoms with Crippen LogP contribution in [0.2, 0.25) is 0 Å². The monoisotopic (exact) mass is 218 g/mol. The first kappa shape index (κ1) is 11.2. The second kappa shape index (κ2) is 5.08. The van der Waals surface area contributed by atoms with Crippen molar-refractivity contribution in [3.05, 3.63) is 12.5 Å². The Bertz CT molecular complexity index is 346. The van der Waals surface area contributed by atoms with E-state index in [1.807, 2.05) is 6.92 Å². The molecular weight excluding hydrogens is 204 g/mol. The first-order valence-electron chi connectivity index (χ1n) is 4.35. The molecule has 1 rings (SSSR count). The van der Waals surface area contributed by atoms with Gasteiger partial charge in [-0.3, -0.25) is 0 Å². The molecule has 6 nitrogen and oxygen atoms in total. The number of hydrogen-bond donors (Lipinski definition) is 3. The Kier molecular flexibility index (Phi) is 4.05.